The van der Waals surface area contributed by atoms with Gasteiger partial charge in [0.2, 0.25) is 5.91 Å². The summed E-state index contributed by atoms with van der Waals surface area (Å²) >= 11 is 0. The SMILES string of the molecule is CCCOc1ccccc1[C@@H]1[C@H]2C(=O)CC(C)(C)CC2=Nc2ccccc2N1C(C)=O. The molecule has 0 unspecified atom stereocenters. The van der Waals surface area contributed by atoms with Crippen LogP contribution in [0.15, 0.2) is 53.5 Å². The van der Waals surface area contributed by atoms with Gasteiger partial charge in [-0.2, -0.15) is 0 Å². The lowest BCUT2D eigenvalue weighted by molar-refractivity contribution is -0.124. The third kappa shape index (κ3) is 4.01. The number of ether oxygens (including phenoxy) is 1. The van der Waals surface area contributed by atoms with Crippen molar-refractivity contribution >= 4 is 28.8 Å². The Kier molecular flexibility index (Phi) is 5.69. The summed E-state index contributed by atoms with van der Waals surface area (Å²) in [5, 5.41) is 0. The van der Waals surface area contributed by atoms with E-state index in [1.165, 1.54) is 0 Å². The maximum Gasteiger partial charge on any atom is 0.224 e. The average Bonchev–Trinajstić information content (AvgIpc) is 2.85. The minimum absolute atomic E-state index is 0.114. The number of rotatable bonds is 4. The molecule has 162 valence electrons. The van der Waals surface area contributed by atoms with E-state index in [0.717, 1.165) is 41.2 Å². The topological polar surface area (TPSA) is 59.0 Å². The smallest absolute Gasteiger partial charge is 0.224 e. The quantitative estimate of drug-likeness (QED) is 0.644. The molecule has 1 aliphatic heterocycles. The lowest BCUT2D eigenvalue weighted by Gasteiger charge is -2.41. The normalized spacial score (nSPS) is 22.1. The van der Waals surface area contributed by atoms with Crippen LogP contribution >= 0.6 is 0 Å². The lowest BCUT2D eigenvalue weighted by Crippen LogP contribution is -2.47. The molecule has 2 aromatic rings. The van der Waals surface area contributed by atoms with Gasteiger partial charge in [-0.05, 0) is 36.5 Å². The van der Waals surface area contributed by atoms with Crippen molar-refractivity contribution < 1.29 is 14.3 Å². The Morgan fingerprint density at radius 3 is 2.58 bits per heavy atom. The highest BCUT2D eigenvalue weighted by Crippen LogP contribution is 2.49. The van der Waals surface area contributed by atoms with Crippen LogP contribution in [-0.4, -0.2) is 24.0 Å². The summed E-state index contributed by atoms with van der Waals surface area (Å²) in [7, 11) is 0. The summed E-state index contributed by atoms with van der Waals surface area (Å²) in [6.45, 7) is 8.41. The zero-order valence-corrected chi connectivity index (χ0v) is 18.7. The van der Waals surface area contributed by atoms with E-state index in [2.05, 4.69) is 20.8 Å². The van der Waals surface area contributed by atoms with Gasteiger partial charge in [0.15, 0.2) is 0 Å². The molecule has 4 rings (SSSR count). The van der Waals surface area contributed by atoms with Gasteiger partial charge in [0.25, 0.3) is 0 Å². The number of amides is 1. The number of hydrogen-bond donors (Lipinski definition) is 0. The van der Waals surface area contributed by atoms with Crippen LogP contribution < -0.4 is 9.64 Å². The molecule has 2 atom stereocenters. The van der Waals surface area contributed by atoms with E-state index in [1.54, 1.807) is 11.8 Å². The monoisotopic (exact) mass is 418 g/mol. The van der Waals surface area contributed by atoms with Crippen molar-refractivity contribution in [3.63, 3.8) is 0 Å². The number of Topliss-reactive ketones (excluding diaryl/α,β-unsaturated/α-hetero) is 1. The van der Waals surface area contributed by atoms with Crippen molar-refractivity contribution in [2.45, 2.75) is 53.0 Å². The molecular weight excluding hydrogens is 388 g/mol. The van der Waals surface area contributed by atoms with Crippen molar-refractivity contribution in [1.82, 2.24) is 0 Å². The fourth-order valence-electron chi connectivity index (χ4n) is 4.87. The Hall–Kier alpha value is -2.95. The van der Waals surface area contributed by atoms with Crippen LogP contribution in [0.4, 0.5) is 11.4 Å². The van der Waals surface area contributed by atoms with Crippen LogP contribution in [0.2, 0.25) is 0 Å². The van der Waals surface area contributed by atoms with Crippen LogP contribution in [-0.2, 0) is 9.59 Å². The largest absolute Gasteiger partial charge is 0.493 e. The van der Waals surface area contributed by atoms with Crippen molar-refractivity contribution in [2.75, 3.05) is 11.5 Å². The molecule has 31 heavy (non-hydrogen) atoms. The van der Waals surface area contributed by atoms with Crippen LogP contribution in [0.3, 0.4) is 0 Å². The second kappa shape index (κ2) is 8.29. The maximum atomic E-state index is 13.6. The third-order valence-corrected chi connectivity index (χ3v) is 6.06. The molecule has 0 saturated heterocycles. The number of benzene rings is 2. The molecule has 0 bridgehead atoms. The fraction of sp³-hybridized carbons (Fsp3) is 0.423. The highest BCUT2D eigenvalue weighted by atomic mass is 16.5. The number of nitrogens with zero attached hydrogens (tertiary/aromatic N) is 2. The molecule has 0 spiro atoms. The summed E-state index contributed by atoms with van der Waals surface area (Å²) in [6, 6.07) is 14.9. The molecule has 1 heterocycles. The van der Waals surface area contributed by atoms with E-state index >= 15 is 0 Å². The zero-order valence-electron chi connectivity index (χ0n) is 18.7. The van der Waals surface area contributed by atoms with Gasteiger partial charge in [0.1, 0.15) is 11.5 Å². The van der Waals surface area contributed by atoms with Crippen LogP contribution in [0.1, 0.15) is 58.6 Å². The highest BCUT2D eigenvalue weighted by Gasteiger charge is 2.48. The second-order valence-corrected chi connectivity index (χ2v) is 9.27. The van der Waals surface area contributed by atoms with Gasteiger partial charge in [0, 0.05) is 24.6 Å². The number of anilines is 1. The van der Waals surface area contributed by atoms with Gasteiger partial charge in [-0.25, -0.2) is 0 Å². The van der Waals surface area contributed by atoms with E-state index in [0.29, 0.717) is 13.0 Å². The molecule has 5 heteroatoms. The summed E-state index contributed by atoms with van der Waals surface area (Å²) in [6.07, 6.45) is 2.06. The Bertz CT molecular complexity index is 1040. The maximum absolute atomic E-state index is 13.6. The number of fused-ring (bicyclic) bond motifs is 2. The summed E-state index contributed by atoms with van der Waals surface area (Å²) in [5.74, 6) is 0.244. The van der Waals surface area contributed by atoms with Crippen molar-refractivity contribution in [2.24, 2.45) is 16.3 Å². The molecule has 1 amide bonds. The van der Waals surface area contributed by atoms with E-state index in [1.807, 2.05) is 48.5 Å². The summed E-state index contributed by atoms with van der Waals surface area (Å²) in [5.41, 5.74) is 3.02. The number of aliphatic imine (C=N–C) groups is 1. The van der Waals surface area contributed by atoms with E-state index in [4.69, 9.17) is 9.73 Å². The Morgan fingerprint density at radius 1 is 1.13 bits per heavy atom. The van der Waals surface area contributed by atoms with Crippen LogP contribution in [0, 0.1) is 11.3 Å². The summed E-state index contributed by atoms with van der Waals surface area (Å²) in [4.78, 5) is 33.3. The zero-order chi connectivity index (χ0) is 22.2. The second-order valence-electron chi connectivity index (χ2n) is 9.27. The van der Waals surface area contributed by atoms with Gasteiger partial charge in [0.05, 0.1) is 29.9 Å². The van der Waals surface area contributed by atoms with Crippen LogP contribution in [0.25, 0.3) is 0 Å². The third-order valence-electron chi connectivity index (χ3n) is 6.06. The Morgan fingerprint density at radius 2 is 1.84 bits per heavy atom. The van der Waals surface area contributed by atoms with Gasteiger partial charge in [-0.15, -0.1) is 0 Å². The molecule has 1 fully saturated rings. The van der Waals surface area contributed by atoms with E-state index in [-0.39, 0.29) is 17.1 Å². The Labute approximate surface area is 184 Å². The first-order valence-corrected chi connectivity index (χ1v) is 11.0. The molecule has 2 aliphatic rings. The Balaban J connectivity index is 1.96. The molecule has 0 radical (unpaired) electrons. The highest BCUT2D eigenvalue weighted by molar-refractivity contribution is 6.12. The number of ketones is 1. The molecule has 2 aromatic carbocycles. The average molecular weight is 419 g/mol. The van der Waals surface area contributed by atoms with Gasteiger partial charge in [-0.3, -0.25) is 14.6 Å². The number of carbonyl (C=O) groups is 2. The molecule has 1 aliphatic carbocycles. The first-order chi connectivity index (χ1) is 14.8. The van der Waals surface area contributed by atoms with Crippen molar-refractivity contribution in [3.8, 4) is 5.75 Å². The van der Waals surface area contributed by atoms with Gasteiger partial charge in [-0.1, -0.05) is 51.1 Å². The number of carbonyl (C=O) groups excluding carboxylic acids is 2. The predicted molar refractivity (Wildman–Crippen MR) is 123 cm³/mol. The molecular formula is C26H30N2O3. The standard InChI is InChI=1S/C26H30N2O3/c1-5-14-31-23-13-9-6-10-18(23)25-24-20(15-26(3,4)16-22(24)30)27-19-11-7-8-12-21(19)28(25)17(2)29/h6-13,24-25H,5,14-16H2,1-4H3/t24-,25-/m1/s1. The van der Waals surface area contributed by atoms with Gasteiger partial charge >= 0.3 is 0 Å². The van der Waals surface area contributed by atoms with Crippen molar-refractivity contribution in [3.05, 3.63) is 54.1 Å². The van der Waals surface area contributed by atoms with E-state index < -0.39 is 12.0 Å². The first kappa shape index (κ1) is 21.3. The molecule has 5 nitrogen and oxygen atoms in total. The first-order valence-electron chi connectivity index (χ1n) is 11.0. The predicted octanol–water partition coefficient (Wildman–Crippen LogP) is 5.66. The minimum Gasteiger partial charge on any atom is -0.493 e. The number of para-hydroxylation sites is 3. The van der Waals surface area contributed by atoms with E-state index in [9.17, 15) is 9.59 Å². The fourth-order valence-corrected chi connectivity index (χ4v) is 4.87. The lowest BCUT2D eigenvalue weighted by atomic mass is 9.68. The number of hydrogen-bond acceptors (Lipinski definition) is 4. The van der Waals surface area contributed by atoms with Crippen LogP contribution in [0.5, 0.6) is 5.75 Å². The molecule has 0 N–H and O–H groups in total. The summed E-state index contributed by atoms with van der Waals surface area (Å²) < 4.78 is 6.06. The van der Waals surface area contributed by atoms with Crippen molar-refractivity contribution in [1.29, 1.82) is 0 Å². The van der Waals surface area contributed by atoms with Gasteiger partial charge < -0.3 is 9.64 Å². The molecule has 1 saturated carbocycles. The minimum atomic E-state index is -0.490. The molecule has 0 aromatic heterocycles.